The zero-order valence-corrected chi connectivity index (χ0v) is 7.82. The van der Waals surface area contributed by atoms with Gasteiger partial charge in [-0.15, -0.1) is 0 Å². The Morgan fingerprint density at radius 2 is 2.38 bits per heavy atom. The van der Waals surface area contributed by atoms with Gasteiger partial charge in [-0.3, -0.25) is 15.2 Å². The Morgan fingerprint density at radius 1 is 1.62 bits per heavy atom. The summed E-state index contributed by atoms with van der Waals surface area (Å²) in [6, 6.07) is 3.69. The van der Waals surface area contributed by atoms with Crippen LogP contribution in [0.2, 0.25) is 0 Å². The number of aromatic nitrogens is 1. The van der Waals surface area contributed by atoms with E-state index < -0.39 is 0 Å². The number of hydrogen-bond acceptors (Lipinski definition) is 3. The van der Waals surface area contributed by atoms with Crippen molar-refractivity contribution in [2.45, 2.75) is 6.42 Å². The van der Waals surface area contributed by atoms with Crippen molar-refractivity contribution in [2.24, 2.45) is 0 Å². The van der Waals surface area contributed by atoms with Gasteiger partial charge in [-0.2, -0.15) is 0 Å². The molecule has 4 heteroatoms. The lowest BCUT2D eigenvalue weighted by atomic mass is 10.2. The van der Waals surface area contributed by atoms with E-state index in [-0.39, 0.29) is 5.91 Å². The number of amides is 1. The largest absolute Gasteiger partial charge is 0.289 e. The lowest BCUT2D eigenvalue weighted by molar-refractivity contribution is -0.124. The first kappa shape index (κ1) is 9.67. The zero-order chi connectivity index (χ0) is 9.68. The van der Waals surface area contributed by atoms with Gasteiger partial charge in [0.2, 0.25) is 5.91 Å². The maximum atomic E-state index is 11.2. The van der Waals surface area contributed by atoms with Crippen LogP contribution in [-0.4, -0.2) is 30.0 Å². The van der Waals surface area contributed by atoms with Gasteiger partial charge in [0.25, 0.3) is 0 Å². The molecule has 1 amide bonds. The molecule has 13 heavy (non-hydrogen) atoms. The molecule has 0 aromatic carbocycles. The first-order valence-corrected chi connectivity index (χ1v) is 4.04. The fraction of sp³-hybridized carbons (Fsp3) is 0.333. The number of carbonyl (C=O) groups is 1. The van der Waals surface area contributed by atoms with Crippen molar-refractivity contribution in [2.75, 3.05) is 14.1 Å². The zero-order valence-electron chi connectivity index (χ0n) is 7.82. The quantitative estimate of drug-likeness (QED) is 0.675. The lowest BCUT2D eigenvalue weighted by Crippen LogP contribution is -2.37. The minimum Gasteiger partial charge on any atom is -0.289 e. The lowest BCUT2D eigenvalue weighted by Gasteiger charge is -2.11. The number of pyridine rings is 1. The number of hydrazine groups is 1. The van der Waals surface area contributed by atoms with Crippen molar-refractivity contribution in [1.29, 1.82) is 0 Å². The number of hydrogen-bond donors (Lipinski definition) is 1. The highest BCUT2D eigenvalue weighted by Gasteiger charge is 2.02. The molecule has 0 fully saturated rings. The molecule has 1 rings (SSSR count). The van der Waals surface area contributed by atoms with Crippen LogP contribution in [0.4, 0.5) is 0 Å². The van der Waals surface area contributed by atoms with E-state index in [9.17, 15) is 4.79 Å². The van der Waals surface area contributed by atoms with Gasteiger partial charge in [0.05, 0.1) is 6.42 Å². The van der Waals surface area contributed by atoms with Crippen LogP contribution < -0.4 is 5.43 Å². The molecule has 4 nitrogen and oxygen atoms in total. The molecule has 0 bridgehead atoms. The summed E-state index contributed by atoms with van der Waals surface area (Å²) >= 11 is 0. The van der Waals surface area contributed by atoms with Gasteiger partial charge >= 0.3 is 0 Å². The predicted molar refractivity (Wildman–Crippen MR) is 49.8 cm³/mol. The first-order valence-electron chi connectivity index (χ1n) is 4.04. The Morgan fingerprint density at radius 3 is 2.92 bits per heavy atom. The standard InChI is InChI=1S/C9H13N3O/c1-12(2)11-9(13)6-8-4-3-5-10-7-8/h3-5,7H,6H2,1-2H3,(H,11,13). The monoisotopic (exact) mass is 179 g/mol. The third kappa shape index (κ3) is 3.66. The van der Waals surface area contributed by atoms with Crippen molar-refractivity contribution in [3.63, 3.8) is 0 Å². The van der Waals surface area contributed by atoms with Crippen LogP contribution >= 0.6 is 0 Å². The highest BCUT2D eigenvalue weighted by atomic mass is 16.2. The van der Waals surface area contributed by atoms with Crippen molar-refractivity contribution in [1.82, 2.24) is 15.4 Å². The molecular weight excluding hydrogens is 166 g/mol. The van der Waals surface area contributed by atoms with Crippen LogP contribution in [0.5, 0.6) is 0 Å². The molecule has 0 aliphatic heterocycles. The average Bonchev–Trinajstić information content (AvgIpc) is 2.04. The molecule has 0 saturated carbocycles. The smallest absolute Gasteiger partial charge is 0.238 e. The minimum absolute atomic E-state index is 0.0296. The van der Waals surface area contributed by atoms with Crippen LogP contribution in [0.15, 0.2) is 24.5 Å². The Hall–Kier alpha value is -1.42. The van der Waals surface area contributed by atoms with Crippen molar-refractivity contribution in [3.8, 4) is 0 Å². The van der Waals surface area contributed by atoms with E-state index in [0.29, 0.717) is 6.42 Å². The van der Waals surface area contributed by atoms with Gasteiger partial charge in [-0.1, -0.05) is 6.07 Å². The third-order valence-electron chi connectivity index (χ3n) is 1.44. The van der Waals surface area contributed by atoms with E-state index >= 15 is 0 Å². The Balaban J connectivity index is 2.46. The first-order chi connectivity index (χ1) is 6.18. The van der Waals surface area contributed by atoms with Gasteiger partial charge in [0.1, 0.15) is 0 Å². The fourth-order valence-electron chi connectivity index (χ4n) is 0.977. The van der Waals surface area contributed by atoms with Crippen LogP contribution in [0, 0.1) is 0 Å². The number of carbonyl (C=O) groups excluding carboxylic acids is 1. The molecule has 0 unspecified atom stereocenters. The molecule has 1 N–H and O–H groups in total. The predicted octanol–water partition coefficient (Wildman–Crippen LogP) is 0.217. The topological polar surface area (TPSA) is 45.2 Å². The Labute approximate surface area is 77.6 Å². The Bertz CT molecular complexity index is 271. The minimum atomic E-state index is -0.0296. The van der Waals surface area contributed by atoms with Crippen LogP contribution in [-0.2, 0) is 11.2 Å². The molecule has 0 aliphatic rings. The summed E-state index contributed by atoms with van der Waals surface area (Å²) in [4.78, 5) is 15.2. The van der Waals surface area contributed by atoms with Gasteiger partial charge in [-0.05, 0) is 11.6 Å². The third-order valence-corrected chi connectivity index (χ3v) is 1.44. The molecule has 1 aromatic heterocycles. The molecule has 0 radical (unpaired) electrons. The number of nitrogens with zero attached hydrogens (tertiary/aromatic N) is 2. The normalized spacial score (nSPS) is 10.1. The summed E-state index contributed by atoms with van der Waals surface area (Å²) in [7, 11) is 3.56. The van der Waals surface area contributed by atoms with E-state index in [0.717, 1.165) is 5.56 Å². The fourth-order valence-corrected chi connectivity index (χ4v) is 0.977. The molecule has 0 spiro atoms. The van der Waals surface area contributed by atoms with Crippen molar-refractivity contribution >= 4 is 5.91 Å². The summed E-state index contributed by atoms with van der Waals surface area (Å²) in [5, 5.41) is 1.62. The van der Waals surface area contributed by atoms with Gasteiger partial charge in [0, 0.05) is 26.5 Å². The second-order valence-corrected chi connectivity index (χ2v) is 2.97. The second-order valence-electron chi connectivity index (χ2n) is 2.97. The molecule has 0 atom stereocenters. The SMILES string of the molecule is CN(C)NC(=O)Cc1cccnc1. The summed E-state index contributed by atoms with van der Waals surface area (Å²) in [6.07, 6.45) is 3.74. The maximum Gasteiger partial charge on any atom is 0.238 e. The van der Waals surface area contributed by atoms with E-state index in [4.69, 9.17) is 0 Å². The highest BCUT2D eigenvalue weighted by Crippen LogP contribution is 1.96. The molecule has 70 valence electrons. The van der Waals surface area contributed by atoms with Crippen LogP contribution in [0.3, 0.4) is 0 Å². The summed E-state index contributed by atoms with van der Waals surface area (Å²) in [5.74, 6) is -0.0296. The van der Waals surface area contributed by atoms with Crippen molar-refractivity contribution in [3.05, 3.63) is 30.1 Å². The maximum absolute atomic E-state index is 11.2. The summed E-state index contributed by atoms with van der Waals surface area (Å²) in [5.41, 5.74) is 3.58. The van der Waals surface area contributed by atoms with Crippen LogP contribution in [0.25, 0.3) is 0 Å². The second kappa shape index (κ2) is 4.57. The van der Waals surface area contributed by atoms with Gasteiger partial charge in [-0.25, -0.2) is 5.01 Å². The van der Waals surface area contributed by atoms with E-state index in [1.165, 1.54) is 0 Å². The Kier molecular flexibility index (Phi) is 3.40. The molecule has 0 aliphatic carbocycles. The van der Waals surface area contributed by atoms with Crippen molar-refractivity contribution < 1.29 is 4.79 Å². The average molecular weight is 179 g/mol. The summed E-state index contributed by atoms with van der Waals surface area (Å²) < 4.78 is 0. The number of rotatable bonds is 3. The summed E-state index contributed by atoms with van der Waals surface area (Å²) in [6.45, 7) is 0. The molecule has 1 aromatic rings. The van der Waals surface area contributed by atoms with Gasteiger partial charge < -0.3 is 0 Å². The van der Waals surface area contributed by atoms with E-state index in [2.05, 4.69) is 10.4 Å². The molecular formula is C9H13N3O. The highest BCUT2D eigenvalue weighted by molar-refractivity contribution is 5.77. The van der Waals surface area contributed by atoms with E-state index in [1.807, 2.05) is 12.1 Å². The van der Waals surface area contributed by atoms with Crippen LogP contribution in [0.1, 0.15) is 5.56 Å². The molecule has 1 heterocycles. The molecule has 0 saturated heterocycles. The van der Waals surface area contributed by atoms with Gasteiger partial charge in [0.15, 0.2) is 0 Å². The van der Waals surface area contributed by atoms with E-state index in [1.54, 1.807) is 31.5 Å². The number of nitrogens with one attached hydrogen (secondary N) is 1.